The third kappa shape index (κ3) is 1.61. The Bertz CT molecular complexity index is 602. The molecule has 0 aliphatic carbocycles. The van der Waals surface area contributed by atoms with Crippen molar-refractivity contribution in [3.63, 3.8) is 0 Å². The molecule has 5 heteroatoms. The highest BCUT2D eigenvalue weighted by atomic mass is 16.3. The molecule has 4 bridgehead atoms. The molecule has 1 aromatic carbocycles. The van der Waals surface area contributed by atoms with Gasteiger partial charge >= 0.3 is 0 Å². The number of rotatable bonds is 1. The predicted molar refractivity (Wildman–Crippen MR) is 76.9 cm³/mol. The van der Waals surface area contributed by atoms with Crippen LogP contribution in [0.5, 0.6) is 11.5 Å². The standard InChI is InChI=1S/C16H20N2O3/c1-15-6-17-8-16(2,14(15)21)9-18(7-15)13(17)11-4-3-10(19)5-12(11)20/h3-5,13,19-20H,6-9H2,1-2H3. The van der Waals surface area contributed by atoms with E-state index in [1.165, 1.54) is 6.07 Å². The highest BCUT2D eigenvalue weighted by molar-refractivity contribution is 5.92. The molecule has 1 aromatic rings. The van der Waals surface area contributed by atoms with Crippen LogP contribution >= 0.6 is 0 Å². The van der Waals surface area contributed by atoms with Crippen LogP contribution < -0.4 is 0 Å². The third-order valence-electron chi connectivity index (χ3n) is 5.29. The van der Waals surface area contributed by atoms with Crippen molar-refractivity contribution in [3.8, 4) is 11.5 Å². The van der Waals surface area contributed by atoms with E-state index < -0.39 is 0 Å². The molecular formula is C16H20N2O3. The van der Waals surface area contributed by atoms with Crippen molar-refractivity contribution in [2.75, 3.05) is 26.2 Å². The summed E-state index contributed by atoms with van der Waals surface area (Å²) in [6.45, 7) is 7.06. The largest absolute Gasteiger partial charge is 0.508 e. The normalized spacial score (nSPS) is 44.3. The first-order valence-corrected chi connectivity index (χ1v) is 7.37. The first-order valence-electron chi connectivity index (χ1n) is 7.37. The summed E-state index contributed by atoms with van der Waals surface area (Å²) in [5, 5.41) is 19.6. The van der Waals surface area contributed by atoms with E-state index >= 15 is 0 Å². The third-order valence-corrected chi connectivity index (χ3v) is 5.29. The van der Waals surface area contributed by atoms with E-state index in [0.717, 1.165) is 31.7 Å². The second kappa shape index (κ2) is 3.78. The molecule has 0 radical (unpaired) electrons. The number of phenols is 2. The summed E-state index contributed by atoms with van der Waals surface area (Å²) < 4.78 is 0. The molecule has 4 heterocycles. The summed E-state index contributed by atoms with van der Waals surface area (Å²) in [4.78, 5) is 17.2. The number of hydrogen-bond acceptors (Lipinski definition) is 5. The number of carbonyl (C=O) groups is 1. The SMILES string of the molecule is CC12CN3CC(C)(CN(C1)C3c1ccc(O)cc1O)C2=O. The van der Waals surface area contributed by atoms with Crippen molar-refractivity contribution in [1.82, 2.24) is 9.80 Å². The van der Waals surface area contributed by atoms with Crippen molar-refractivity contribution < 1.29 is 15.0 Å². The molecule has 0 spiro atoms. The quantitative estimate of drug-likeness (QED) is 0.816. The Morgan fingerprint density at radius 2 is 1.57 bits per heavy atom. The minimum atomic E-state index is -0.297. The van der Waals surface area contributed by atoms with Crippen molar-refractivity contribution in [3.05, 3.63) is 23.8 Å². The van der Waals surface area contributed by atoms with Crippen LogP contribution in [0, 0.1) is 10.8 Å². The van der Waals surface area contributed by atoms with E-state index in [0.29, 0.717) is 5.78 Å². The lowest BCUT2D eigenvalue weighted by molar-refractivity contribution is -0.197. The van der Waals surface area contributed by atoms with E-state index in [-0.39, 0.29) is 28.5 Å². The summed E-state index contributed by atoms with van der Waals surface area (Å²) in [5.41, 5.74) is 0.217. The first kappa shape index (κ1) is 13.1. The number of nitrogens with zero attached hydrogens (tertiary/aromatic N) is 2. The zero-order valence-corrected chi connectivity index (χ0v) is 12.3. The zero-order valence-electron chi connectivity index (χ0n) is 12.3. The van der Waals surface area contributed by atoms with E-state index in [1.54, 1.807) is 12.1 Å². The second-order valence-corrected chi connectivity index (χ2v) is 7.38. The molecule has 4 aliphatic rings. The molecule has 4 fully saturated rings. The summed E-state index contributed by atoms with van der Waals surface area (Å²) in [6, 6.07) is 4.78. The number of hydrogen-bond donors (Lipinski definition) is 2. The first-order chi connectivity index (χ1) is 9.82. The van der Waals surface area contributed by atoms with Gasteiger partial charge in [-0.25, -0.2) is 0 Å². The molecule has 5 rings (SSSR count). The average molecular weight is 288 g/mol. The Labute approximate surface area is 123 Å². The van der Waals surface area contributed by atoms with Gasteiger partial charge in [-0.2, -0.15) is 0 Å². The van der Waals surface area contributed by atoms with Crippen LogP contribution in [0.15, 0.2) is 18.2 Å². The van der Waals surface area contributed by atoms with Crippen molar-refractivity contribution in [2.45, 2.75) is 20.0 Å². The molecule has 2 N–H and O–H groups in total. The molecule has 0 unspecified atom stereocenters. The van der Waals surface area contributed by atoms with Gasteiger partial charge in [0.15, 0.2) is 0 Å². The van der Waals surface area contributed by atoms with Gasteiger partial charge in [0.2, 0.25) is 0 Å². The van der Waals surface area contributed by atoms with Crippen LogP contribution in [0.1, 0.15) is 25.6 Å². The number of ketones is 1. The van der Waals surface area contributed by atoms with Gasteiger partial charge in [-0.15, -0.1) is 0 Å². The topological polar surface area (TPSA) is 64.0 Å². The molecular weight excluding hydrogens is 268 g/mol. The lowest BCUT2D eigenvalue weighted by Crippen LogP contribution is -2.75. The number of Topliss-reactive ketones (excluding diaryl/α,β-unsaturated/α-hetero) is 1. The van der Waals surface area contributed by atoms with Crippen LogP contribution in [-0.4, -0.2) is 52.0 Å². The Hall–Kier alpha value is -1.59. The minimum Gasteiger partial charge on any atom is -0.508 e. The maximum absolute atomic E-state index is 12.6. The Kier molecular flexibility index (Phi) is 2.36. The number of piperidine rings is 2. The summed E-state index contributed by atoms with van der Waals surface area (Å²) >= 11 is 0. The number of phenolic OH excluding ortho intramolecular Hbond substituents is 2. The lowest BCUT2D eigenvalue weighted by atomic mass is 9.62. The van der Waals surface area contributed by atoms with Gasteiger partial charge in [0.05, 0.1) is 17.0 Å². The van der Waals surface area contributed by atoms with E-state index in [1.807, 2.05) is 0 Å². The summed E-state index contributed by atoms with van der Waals surface area (Å²) in [6.07, 6.45) is -0.000139. The Morgan fingerprint density at radius 3 is 2.05 bits per heavy atom. The monoisotopic (exact) mass is 288 g/mol. The van der Waals surface area contributed by atoms with Crippen molar-refractivity contribution in [2.24, 2.45) is 10.8 Å². The fourth-order valence-corrected chi connectivity index (χ4v) is 4.74. The van der Waals surface area contributed by atoms with Crippen LogP contribution in [0.4, 0.5) is 0 Å². The predicted octanol–water partition coefficient (Wildman–Crippen LogP) is 1.32. The van der Waals surface area contributed by atoms with Crippen LogP contribution in [0.3, 0.4) is 0 Å². The lowest BCUT2D eigenvalue weighted by Gasteiger charge is -2.64. The van der Waals surface area contributed by atoms with Crippen LogP contribution in [-0.2, 0) is 4.79 Å². The molecule has 112 valence electrons. The molecule has 0 atom stereocenters. The van der Waals surface area contributed by atoms with Gasteiger partial charge in [0.25, 0.3) is 0 Å². The van der Waals surface area contributed by atoms with Crippen molar-refractivity contribution >= 4 is 5.78 Å². The fourth-order valence-electron chi connectivity index (χ4n) is 4.74. The Morgan fingerprint density at radius 1 is 1.05 bits per heavy atom. The van der Waals surface area contributed by atoms with Crippen LogP contribution in [0.25, 0.3) is 0 Å². The highest BCUT2D eigenvalue weighted by Crippen LogP contribution is 2.53. The average Bonchev–Trinajstić information content (AvgIpc) is 2.36. The molecule has 0 amide bonds. The van der Waals surface area contributed by atoms with E-state index in [9.17, 15) is 15.0 Å². The van der Waals surface area contributed by atoms with E-state index in [4.69, 9.17) is 0 Å². The Balaban J connectivity index is 1.77. The van der Waals surface area contributed by atoms with Crippen molar-refractivity contribution in [1.29, 1.82) is 0 Å². The second-order valence-electron chi connectivity index (χ2n) is 7.38. The van der Waals surface area contributed by atoms with Gasteiger partial charge < -0.3 is 10.2 Å². The molecule has 4 aliphatic heterocycles. The van der Waals surface area contributed by atoms with E-state index in [2.05, 4.69) is 23.6 Å². The van der Waals surface area contributed by atoms with Gasteiger partial charge in [-0.05, 0) is 12.1 Å². The maximum atomic E-state index is 12.6. The van der Waals surface area contributed by atoms with Crippen LogP contribution in [0.2, 0.25) is 0 Å². The summed E-state index contributed by atoms with van der Waals surface area (Å²) in [5.74, 6) is 0.573. The maximum Gasteiger partial charge on any atom is 0.149 e. The molecule has 4 saturated heterocycles. The minimum absolute atomic E-state index is 0.000139. The molecule has 0 aromatic heterocycles. The summed E-state index contributed by atoms with van der Waals surface area (Å²) in [7, 11) is 0. The van der Waals surface area contributed by atoms with Gasteiger partial charge in [-0.3, -0.25) is 14.6 Å². The number of benzene rings is 1. The molecule has 0 saturated carbocycles. The number of carbonyl (C=O) groups excluding carboxylic acids is 1. The molecule has 5 nitrogen and oxygen atoms in total. The fraction of sp³-hybridized carbons (Fsp3) is 0.562. The smallest absolute Gasteiger partial charge is 0.149 e. The molecule has 21 heavy (non-hydrogen) atoms. The number of aromatic hydroxyl groups is 2. The van der Waals surface area contributed by atoms with Gasteiger partial charge in [0.1, 0.15) is 17.3 Å². The zero-order chi connectivity index (χ0) is 15.0. The van der Waals surface area contributed by atoms with Gasteiger partial charge in [0, 0.05) is 37.8 Å². The van der Waals surface area contributed by atoms with Gasteiger partial charge in [-0.1, -0.05) is 13.8 Å². The highest BCUT2D eigenvalue weighted by Gasteiger charge is 2.62.